The van der Waals surface area contributed by atoms with E-state index in [1.807, 2.05) is 6.92 Å². The Balaban J connectivity index is 2.72. The molecule has 0 aliphatic carbocycles. The number of carbonyl (C=O) groups excluding carboxylic acids is 1. The summed E-state index contributed by atoms with van der Waals surface area (Å²) in [6.07, 6.45) is -0.353. The number of nitrogens with two attached hydrogens (primary N) is 1. The van der Waals surface area contributed by atoms with Gasteiger partial charge < -0.3 is 20.5 Å². The zero-order valence-electron chi connectivity index (χ0n) is 10.3. The van der Waals surface area contributed by atoms with Crippen molar-refractivity contribution >= 4 is 17.3 Å². The first-order valence-corrected chi connectivity index (χ1v) is 5.48. The number of amides is 1. The minimum absolute atomic E-state index is 0.138. The van der Waals surface area contributed by atoms with Crippen LogP contribution in [0.15, 0.2) is 18.2 Å². The summed E-state index contributed by atoms with van der Waals surface area (Å²) in [6, 6.07) is 5.08. The fourth-order valence-corrected chi connectivity index (χ4v) is 1.38. The molecular weight excluding hydrogens is 220 g/mol. The van der Waals surface area contributed by atoms with Crippen molar-refractivity contribution in [3.8, 4) is 5.75 Å². The van der Waals surface area contributed by atoms with Gasteiger partial charge in [-0.3, -0.25) is 4.79 Å². The van der Waals surface area contributed by atoms with Crippen LogP contribution >= 0.6 is 0 Å². The standard InChI is InChI=1S/C12H18N2O3/c1-4-16-9(3)17-12-6-5-10(7-11(12)13)14-8(2)15/h5-7,9H,4,13H2,1-3H3,(H,14,15). The van der Waals surface area contributed by atoms with E-state index in [1.165, 1.54) is 6.92 Å². The first-order valence-electron chi connectivity index (χ1n) is 5.48. The van der Waals surface area contributed by atoms with E-state index >= 15 is 0 Å². The molecule has 5 heteroatoms. The van der Waals surface area contributed by atoms with E-state index in [1.54, 1.807) is 25.1 Å². The van der Waals surface area contributed by atoms with Crippen molar-refractivity contribution in [2.24, 2.45) is 0 Å². The van der Waals surface area contributed by atoms with Gasteiger partial charge in [-0.2, -0.15) is 0 Å². The van der Waals surface area contributed by atoms with Gasteiger partial charge in [0.1, 0.15) is 5.75 Å². The van der Waals surface area contributed by atoms with Gasteiger partial charge in [-0.15, -0.1) is 0 Å². The summed E-state index contributed by atoms with van der Waals surface area (Å²) in [4.78, 5) is 10.9. The minimum atomic E-state index is -0.353. The predicted molar refractivity (Wildman–Crippen MR) is 66.9 cm³/mol. The Labute approximate surface area is 101 Å². The van der Waals surface area contributed by atoms with E-state index in [9.17, 15) is 4.79 Å². The van der Waals surface area contributed by atoms with E-state index in [0.717, 1.165) is 0 Å². The van der Waals surface area contributed by atoms with Crippen molar-refractivity contribution in [3.63, 3.8) is 0 Å². The Morgan fingerprint density at radius 3 is 2.76 bits per heavy atom. The number of ether oxygens (including phenoxy) is 2. The van der Waals surface area contributed by atoms with Crippen LogP contribution in [0.4, 0.5) is 11.4 Å². The zero-order valence-corrected chi connectivity index (χ0v) is 10.3. The maximum Gasteiger partial charge on any atom is 0.221 e. The number of carbonyl (C=O) groups is 1. The second-order valence-corrected chi connectivity index (χ2v) is 3.57. The van der Waals surface area contributed by atoms with E-state index in [4.69, 9.17) is 15.2 Å². The Bertz CT molecular complexity index is 393. The largest absolute Gasteiger partial charge is 0.463 e. The number of hydrogen-bond donors (Lipinski definition) is 2. The summed E-state index contributed by atoms with van der Waals surface area (Å²) in [5, 5.41) is 2.65. The second-order valence-electron chi connectivity index (χ2n) is 3.57. The van der Waals surface area contributed by atoms with Crippen LogP contribution in [0.1, 0.15) is 20.8 Å². The number of nitrogens with one attached hydrogen (secondary N) is 1. The molecular formula is C12H18N2O3. The van der Waals surface area contributed by atoms with Crippen LogP contribution in [0, 0.1) is 0 Å². The summed E-state index contributed by atoms with van der Waals surface area (Å²) in [5.41, 5.74) is 6.92. The van der Waals surface area contributed by atoms with Crippen LogP contribution < -0.4 is 15.8 Å². The fraction of sp³-hybridized carbons (Fsp3) is 0.417. The molecule has 0 fully saturated rings. The van der Waals surface area contributed by atoms with Gasteiger partial charge in [-0.05, 0) is 32.0 Å². The van der Waals surface area contributed by atoms with Crippen molar-refractivity contribution < 1.29 is 14.3 Å². The molecule has 0 spiro atoms. The normalized spacial score (nSPS) is 11.9. The van der Waals surface area contributed by atoms with E-state index in [-0.39, 0.29) is 12.2 Å². The van der Waals surface area contributed by atoms with Gasteiger partial charge in [0.15, 0.2) is 6.29 Å². The maximum atomic E-state index is 10.9. The molecule has 1 rings (SSSR count). The average molecular weight is 238 g/mol. The lowest BCUT2D eigenvalue weighted by Crippen LogP contribution is -2.16. The molecule has 0 heterocycles. The number of hydrogen-bond acceptors (Lipinski definition) is 4. The summed E-state index contributed by atoms with van der Waals surface area (Å²) in [6.45, 7) is 5.70. The van der Waals surface area contributed by atoms with Gasteiger partial charge in [0, 0.05) is 19.2 Å². The van der Waals surface area contributed by atoms with Crippen LogP contribution in [0.5, 0.6) is 5.75 Å². The number of anilines is 2. The fourth-order valence-electron chi connectivity index (χ4n) is 1.38. The van der Waals surface area contributed by atoms with Crippen molar-refractivity contribution in [1.82, 2.24) is 0 Å². The Kier molecular flexibility index (Phi) is 4.78. The monoisotopic (exact) mass is 238 g/mol. The number of benzene rings is 1. The summed E-state index contributed by atoms with van der Waals surface area (Å²) < 4.78 is 10.7. The Hall–Kier alpha value is -1.75. The second kappa shape index (κ2) is 6.10. The van der Waals surface area contributed by atoms with Gasteiger partial charge in [-0.1, -0.05) is 0 Å². The Morgan fingerprint density at radius 2 is 2.24 bits per heavy atom. The SMILES string of the molecule is CCOC(C)Oc1ccc(NC(C)=O)cc1N. The van der Waals surface area contributed by atoms with Crippen molar-refractivity contribution in [1.29, 1.82) is 0 Å². The lowest BCUT2D eigenvalue weighted by Gasteiger charge is -2.16. The summed E-state index contributed by atoms with van der Waals surface area (Å²) in [5.74, 6) is 0.404. The van der Waals surface area contributed by atoms with Gasteiger partial charge in [0.25, 0.3) is 0 Å². The smallest absolute Gasteiger partial charge is 0.221 e. The van der Waals surface area contributed by atoms with E-state index in [0.29, 0.717) is 23.7 Å². The number of nitrogen functional groups attached to an aromatic ring is 1. The third-order valence-electron chi connectivity index (χ3n) is 2.02. The first-order chi connectivity index (χ1) is 8.02. The summed E-state index contributed by atoms with van der Waals surface area (Å²) >= 11 is 0. The third-order valence-corrected chi connectivity index (χ3v) is 2.02. The highest BCUT2D eigenvalue weighted by Gasteiger charge is 2.07. The molecule has 3 N–H and O–H groups in total. The minimum Gasteiger partial charge on any atom is -0.463 e. The molecule has 1 aromatic rings. The molecule has 0 radical (unpaired) electrons. The molecule has 0 saturated carbocycles. The first kappa shape index (κ1) is 13.3. The topological polar surface area (TPSA) is 73.6 Å². The molecule has 5 nitrogen and oxygen atoms in total. The van der Waals surface area contributed by atoms with E-state index < -0.39 is 0 Å². The molecule has 17 heavy (non-hydrogen) atoms. The zero-order chi connectivity index (χ0) is 12.8. The summed E-state index contributed by atoms with van der Waals surface area (Å²) in [7, 11) is 0. The van der Waals surface area contributed by atoms with Crippen LogP contribution in [0.3, 0.4) is 0 Å². The predicted octanol–water partition coefficient (Wildman–Crippen LogP) is 1.99. The van der Waals surface area contributed by atoms with E-state index in [2.05, 4.69) is 5.32 Å². The quantitative estimate of drug-likeness (QED) is 0.607. The van der Waals surface area contributed by atoms with Crippen LogP contribution in [0.2, 0.25) is 0 Å². The molecule has 1 unspecified atom stereocenters. The van der Waals surface area contributed by atoms with Gasteiger partial charge in [0.05, 0.1) is 5.69 Å². The van der Waals surface area contributed by atoms with Gasteiger partial charge in [-0.25, -0.2) is 0 Å². The van der Waals surface area contributed by atoms with Gasteiger partial charge in [0.2, 0.25) is 5.91 Å². The molecule has 0 aromatic heterocycles. The number of rotatable bonds is 5. The lowest BCUT2D eigenvalue weighted by molar-refractivity contribution is -0.114. The van der Waals surface area contributed by atoms with Crippen molar-refractivity contribution in [2.75, 3.05) is 17.7 Å². The molecule has 0 aliphatic heterocycles. The maximum absolute atomic E-state index is 10.9. The van der Waals surface area contributed by atoms with Crippen LogP contribution in [-0.2, 0) is 9.53 Å². The van der Waals surface area contributed by atoms with Crippen LogP contribution in [-0.4, -0.2) is 18.8 Å². The van der Waals surface area contributed by atoms with Crippen molar-refractivity contribution in [3.05, 3.63) is 18.2 Å². The molecule has 0 bridgehead atoms. The molecule has 1 aromatic carbocycles. The lowest BCUT2D eigenvalue weighted by atomic mass is 10.2. The van der Waals surface area contributed by atoms with Crippen LogP contribution in [0.25, 0.3) is 0 Å². The molecule has 1 amide bonds. The highest BCUT2D eigenvalue weighted by Crippen LogP contribution is 2.26. The molecule has 94 valence electrons. The Morgan fingerprint density at radius 1 is 1.53 bits per heavy atom. The molecule has 0 saturated heterocycles. The molecule has 1 atom stereocenters. The molecule has 0 aliphatic rings. The highest BCUT2D eigenvalue weighted by atomic mass is 16.7. The van der Waals surface area contributed by atoms with Gasteiger partial charge >= 0.3 is 0 Å². The highest BCUT2D eigenvalue weighted by molar-refractivity contribution is 5.89. The average Bonchev–Trinajstić information content (AvgIpc) is 2.21. The van der Waals surface area contributed by atoms with Crippen molar-refractivity contribution in [2.45, 2.75) is 27.1 Å². The third kappa shape index (κ3) is 4.32.